The van der Waals surface area contributed by atoms with Crippen molar-refractivity contribution in [1.82, 2.24) is 0 Å². The highest BCUT2D eigenvalue weighted by Gasteiger charge is 2.31. The molecular formula is C66H64F4N2Si2. The third kappa shape index (κ3) is 9.10. The van der Waals surface area contributed by atoms with Gasteiger partial charge in [-0.25, -0.2) is 17.6 Å². The molecule has 0 unspecified atom stereocenters. The maximum absolute atomic E-state index is 17.4. The lowest BCUT2D eigenvalue weighted by Crippen LogP contribution is -2.37. The summed E-state index contributed by atoms with van der Waals surface area (Å²) in [6.07, 6.45) is 0. The van der Waals surface area contributed by atoms with Gasteiger partial charge in [-0.3, -0.25) is 0 Å². The molecule has 2 nitrogen and oxygen atoms in total. The maximum atomic E-state index is 17.4. The maximum Gasteiger partial charge on any atom is 0.150 e. The van der Waals surface area contributed by atoms with Gasteiger partial charge in [0.2, 0.25) is 0 Å². The van der Waals surface area contributed by atoms with Crippen molar-refractivity contribution < 1.29 is 17.6 Å². The first-order valence-electron chi connectivity index (χ1n) is 25.6. The predicted molar refractivity (Wildman–Crippen MR) is 314 cm³/mol. The van der Waals surface area contributed by atoms with Crippen molar-refractivity contribution in [3.05, 3.63) is 204 Å². The van der Waals surface area contributed by atoms with Gasteiger partial charge in [-0.15, -0.1) is 0 Å². The third-order valence-electron chi connectivity index (χ3n) is 14.6. The van der Waals surface area contributed by atoms with Crippen LogP contribution < -0.4 is 20.2 Å². The number of benzene rings is 10. The molecule has 0 spiro atoms. The Balaban J connectivity index is 1.28. The molecule has 0 aliphatic heterocycles. The minimum absolute atomic E-state index is 0.238. The van der Waals surface area contributed by atoms with Crippen molar-refractivity contribution in [2.45, 2.75) is 91.7 Å². The van der Waals surface area contributed by atoms with Gasteiger partial charge in [0, 0.05) is 45.4 Å². The fourth-order valence-corrected chi connectivity index (χ4v) is 13.2. The highest BCUT2D eigenvalue weighted by atomic mass is 28.3. The SMILES string of the molecule is CC(C)(C)c1ccccc1-c1cc(F)cc(F)c1N(c1ccc([Si](C)(C)C)cc1)c1ccc2ccc3c(N(c4ccc([Si](C)(C)C)cc4)c4c(F)cc(F)cc4-c4ccccc4C(C)(C)C)ccc4ccc1c2c43. The number of anilines is 6. The molecule has 8 heteroatoms. The Morgan fingerprint density at radius 1 is 0.365 bits per heavy atom. The van der Waals surface area contributed by atoms with Gasteiger partial charge in [0.05, 0.1) is 38.9 Å². The van der Waals surface area contributed by atoms with Crippen LogP contribution in [0.1, 0.15) is 52.7 Å². The molecule has 0 amide bonds. The number of hydrogen-bond donors (Lipinski definition) is 0. The Hall–Kier alpha value is -7.01. The molecule has 0 saturated heterocycles. The molecule has 10 aromatic carbocycles. The Morgan fingerprint density at radius 3 is 1.04 bits per heavy atom. The van der Waals surface area contributed by atoms with E-state index in [4.69, 9.17) is 0 Å². The molecule has 0 aliphatic carbocycles. The smallest absolute Gasteiger partial charge is 0.150 e. The van der Waals surface area contributed by atoms with Crippen LogP contribution in [0.15, 0.2) is 170 Å². The first kappa shape index (κ1) is 50.5. The quantitative estimate of drug-likeness (QED) is 0.0765. The summed E-state index contributed by atoms with van der Waals surface area (Å²) >= 11 is 0. The van der Waals surface area contributed by atoms with Crippen molar-refractivity contribution in [2.75, 3.05) is 9.80 Å². The summed E-state index contributed by atoms with van der Waals surface area (Å²) in [6.45, 7) is 26.5. The van der Waals surface area contributed by atoms with E-state index in [1.165, 1.54) is 22.5 Å². The van der Waals surface area contributed by atoms with E-state index in [9.17, 15) is 0 Å². The molecule has 0 saturated carbocycles. The van der Waals surface area contributed by atoms with Crippen LogP contribution in [0, 0.1) is 23.3 Å². The van der Waals surface area contributed by atoms with Crippen molar-refractivity contribution in [3.8, 4) is 22.3 Å². The van der Waals surface area contributed by atoms with Gasteiger partial charge in [-0.05, 0) is 103 Å². The van der Waals surface area contributed by atoms with Gasteiger partial charge in [-0.2, -0.15) is 0 Å². The van der Waals surface area contributed by atoms with Crippen LogP contribution in [0.25, 0.3) is 54.6 Å². The summed E-state index contributed by atoms with van der Waals surface area (Å²) in [6, 6.07) is 54.1. The summed E-state index contributed by atoms with van der Waals surface area (Å²) in [7, 11) is -3.50. The van der Waals surface area contributed by atoms with Gasteiger partial charge in [0.25, 0.3) is 0 Å². The molecule has 0 bridgehead atoms. The van der Waals surface area contributed by atoms with Crippen LogP contribution in [-0.4, -0.2) is 16.1 Å². The van der Waals surface area contributed by atoms with Gasteiger partial charge in [-0.1, -0.05) is 200 Å². The number of nitrogens with zero attached hydrogens (tertiary/aromatic N) is 2. The zero-order chi connectivity index (χ0) is 52.8. The first-order valence-corrected chi connectivity index (χ1v) is 32.6. The van der Waals surface area contributed by atoms with E-state index in [1.807, 2.05) is 70.5 Å². The summed E-state index contributed by atoms with van der Waals surface area (Å²) in [5.74, 6) is -2.70. The Labute approximate surface area is 436 Å². The largest absolute Gasteiger partial charge is 0.307 e. The van der Waals surface area contributed by atoms with Gasteiger partial charge < -0.3 is 9.80 Å². The monoisotopic (exact) mass is 1020 g/mol. The molecular weight excluding hydrogens is 953 g/mol. The fraction of sp³-hybridized carbons (Fsp3) is 0.212. The average molecular weight is 1020 g/mol. The van der Waals surface area contributed by atoms with Gasteiger partial charge in [0.15, 0.2) is 11.6 Å². The van der Waals surface area contributed by atoms with Crippen molar-refractivity contribution in [2.24, 2.45) is 0 Å². The molecule has 74 heavy (non-hydrogen) atoms. The van der Waals surface area contributed by atoms with Crippen LogP contribution in [0.2, 0.25) is 39.3 Å². The fourth-order valence-electron chi connectivity index (χ4n) is 10.9. The Bertz CT molecular complexity index is 3510. The van der Waals surface area contributed by atoms with E-state index >= 15 is 17.6 Å². The minimum atomic E-state index is -1.75. The molecule has 0 aromatic heterocycles. The standard InChI is InChI=1S/C66H64F4N2Si2/c1-65(2,3)55-19-15-13-17-49(55)53-37-43(67)39-57(69)63(53)71(45-25-29-47(30-26-45)73(7,8)9)59-35-23-41-22-34-52-60(36-24-42-21-33-51(59)61(41)62(42)52)72(46-27-31-48(32-28-46)74(10,11)12)64-54(38-44(68)40-58(64)70)50-18-14-16-20-56(50)66(4,5)6/h13-40H,1-12H3. The molecule has 10 aromatic rings. The lowest BCUT2D eigenvalue weighted by molar-refractivity contribution is 0.582. The predicted octanol–water partition coefficient (Wildman–Crippen LogP) is 19.1. The molecule has 10 rings (SSSR count). The van der Waals surface area contributed by atoms with Crippen LogP contribution in [0.3, 0.4) is 0 Å². The average Bonchev–Trinajstić information content (AvgIpc) is 3.34. The highest BCUT2D eigenvalue weighted by Crippen LogP contribution is 2.52. The van der Waals surface area contributed by atoms with E-state index in [2.05, 4.69) is 166 Å². The van der Waals surface area contributed by atoms with E-state index < -0.39 is 39.4 Å². The lowest BCUT2D eigenvalue weighted by atomic mass is 9.81. The molecule has 0 atom stereocenters. The molecule has 374 valence electrons. The van der Waals surface area contributed by atoms with Crippen LogP contribution in [-0.2, 0) is 10.8 Å². The van der Waals surface area contributed by atoms with E-state index in [0.29, 0.717) is 22.5 Å². The normalized spacial score (nSPS) is 12.6. The minimum Gasteiger partial charge on any atom is -0.307 e. The van der Waals surface area contributed by atoms with Crippen LogP contribution in [0.5, 0.6) is 0 Å². The Kier molecular flexibility index (Phi) is 12.6. The topological polar surface area (TPSA) is 6.48 Å². The summed E-state index contributed by atoms with van der Waals surface area (Å²) < 4.78 is 66.6. The highest BCUT2D eigenvalue weighted by molar-refractivity contribution is 6.89. The van der Waals surface area contributed by atoms with Crippen molar-refractivity contribution >= 4 is 93.0 Å². The van der Waals surface area contributed by atoms with E-state index in [-0.39, 0.29) is 22.2 Å². The summed E-state index contributed by atoms with van der Waals surface area (Å²) in [5.41, 5.74) is 6.96. The van der Waals surface area contributed by atoms with Crippen molar-refractivity contribution in [1.29, 1.82) is 0 Å². The summed E-state index contributed by atoms with van der Waals surface area (Å²) in [5, 5.41) is 8.01. The van der Waals surface area contributed by atoms with E-state index in [1.54, 1.807) is 0 Å². The van der Waals surface area contributed by atoms with Gasteiger partial charge in [0.1, 0.15) is 11.6 Å². The lowest BCUT2D eigenvalue weighted by Gasteiger charge is -2.33. The van der Waals surface area contributed by atoms with Crippen LogP contribution >= 0.6 is 0 Å². The molecule has 0 aliphatic rings. The third-order valence-corrected chi connectivity index (χ3v) is 18.8. The zero-order valence-electron chi connectivity index (χ0n) is 44.6. The summed E-state index contributed by atoms with van der Waals surface area (Å²) in [4.78, 5) is 3.92. The second-order valence-corrected chi connectivity index (χ2v) is 34.2. The zero-order valence-corrected chi connectivity index (χ0v) is 46.6. The number of hydrogen-bond acceptors (Lipinski definition) is 2. The van der Waals surface area contributed by atoms with Crippen LogP contribution in [0.4, 0.5) is 51.7 Å². The van der Waals surface area contributed by atoms with Gasteiger partial charge >= 0.3 is 0 Å². The van der Waals surface area contributed by atoms with E-state index in [0.717, 1.165) is 78.1 Å². The molecule has 0 N–H and O–H groups in total. The Morgan fingerprint density at radius 2 is 0.703 bits per heavy atom. The molecule has 0 heterocycles. The molecule has 0 radical (unpaired) electrons. The first-order chi connectivity index (χ1) is 34.9. The second kappa shape index (κ2) is 18.4. The second-order valence-electron chi connectivity index (χ2n) is 24.0. The molecule has 0 fully saturated rings. The number of rotatable bonds is 10. The number of halogens is 4. The van der Waals surface area contributed by atoms with Crippen molar-refractivity contribution in [3.63, 3.8) is 0 Å².